The number of rotatable bonds is 4. The number of nitrogens with one attached hydrogen (secondary N) is 1. The maximum atomic E-state index is 11.7. The first-order valence-corrected chi connectivity index (χ1v) is 11.5. The third-order valence-corrected chi connectivity index (χ3v) is 7.87. The molecule has 3 heterocycles. The Balaban J connectivity index is 1.30. The summed E-state index contributed by atoms with van der Waals surface area (Å²) in [5, 5.41) is 4.10. The topological polar surface area (TPSA) is 67.4 Å². The van der Waals surface area contributed by atoms with E-state index in [1.54, 1.807) is 6.33 Å². The molecule has 1 saturated carbocycles. The number of hydrogen-bond acceptors (Lipinski definition) is 6. The van der Waals surface area contributed by atoms with E-state index >= 15 is 0 Å². The molecule has 1 atom stereocenters. The van der Waals surface area contributed by atoms with Crippen LogP contribution in [-0.4, -0.2) is 52.6 Å². The van der Waals surface area contributed by atoms with Gasteiger partial charge in [0.2, 0.25) is 11.8 Å². The standard InChI is InChI=1S/C21H28N4O2S/c1-2-13-3-8-16-18(13)19-20(23-12-24-21(19)28-16)27-15-6-4-14(5-7-15)25-10-9-22-17(26)11-25/h12-15H,2-11H2,1H3,(H,22,26). The Bertz CT molecular complexity index is 875. The molecule has 2 fully saturated rings. The Morgan fingerprint density at radius 2 is 2.11 bits per heavy atom. The Kier molecular flexibility index (Phi) is 4.97. The monoisotopic (exact) mass is 400 g/mol. The molecule has 2 aromatic heterocycles. The van der Waals surface area contributed by atoms with Crippen LogP contribution in [0.25, 0.3) is 10.2 Å². The van der Waals surface area contributed by atoms with E-state index in [2.05, 4.69) is 27.1 Å². The quantitative estimate of drug-likeness (QED) is 0.853. The largest absolute Gasteiger partial charge is 0.474 e. The number of hydrogen-bond donors (Lipinski definition) is 1. The summed E-state index contributed by atoms with van der Waals surface area (Å²) in [6, 6.07) is 0.506. The van der Waals surface area contributed by atoms with Gasteiger partial charge in [0.15, 0.2) is 0 Å². The minimum absolute atomic E-state index is 0.157. The van der Waals surface area contributed by atoms with E-state index in [0.29, 0.717) is 18.5 Å². The molecule has 0 spiro atoms. The summed E-state index contributed by atoms with van der Waals surface area (Å²) in [5.41, 5.74) is 1.46. The number of amides is 1. The second-order valence-corrected chi connectivity index (χ2v) is 9.39. The minimum Gasteiger partial charge on any atom is -0.474 e. The van der Waals surface area contributed by atoms with Gasteiger partial charge in [-0.05, 0) is 56.4 Å². The van der Waals surface area contributed by atoms with Crippen molar-refractivity contribution in [2.75, 3.05) is 19.6 Å². The zero-order chi connectivity index (χ0) is 19.1. The molecule has 2 aromatic rings. The number of aryl methyl sites for hydroxylation is 1. The SMILES string of the molecule is CCC1CCc2sc3ncnc(OC4CCC(N5CCNC(=O)C5)CC4)c3c21. The van der Waals surface area contributed by atoms with Gasteiger partial charge in [-0.25, -0.2) is 9.97 Å². The zero-order valence-electron chi connectivity index (χ0n) is 16.4. The Morgan fingerprint density at radius 3 is 2.89 bits per heavy atom. The van der Waals surface area contributed by atoms with Gasteiger partial charge in [0.05, 0.1) is 11.9 Å². The number of piperazine rings is 1. The lowest BCUT2D eigenvalue weighted by atomic mass is 9.91. The number of ether oxygens (including phenoxy) is 1. The Labute approximate surface area is 169 Å². The maximum absolute atomic E-state index is 11.7. The van der Waals surface area contributed by atoms with E-state index in [4.69, 9.17) is 4.74 Å². The van der Waals surface area contributed by atoms with E-state index in [9.17, 15) is 4.79 Å². The molecular weight excluding hydrogens is 372 g/mol. The molecule has 3 aliphatic rings. The summed E-state index contributed by atoms with van der Waals surface area (Å²) < 4.78 is 6.46. The van der Waals surface area contributed by atoms with Crippen LogP contribution in [0.2, 0.25) is 0 Å². The van der Waals surface area contributed by atoms with E-state index in [0.717, 1.165) is 49.5 Å². The maximum Gasteiger partial charge on any atom is 0.234 e. The highest BCUT2D eigenvalue weighted by Gasteiger charge is 2.32. The van der Waals surface area contributed by atoms with Crippen LogP contribution in [0.15, 0.2) is 6.33 Å². The van der Waals surface area contributed by atoms with Gasteiger partial charge in [-0.1, -0.05) is 6.92 Å². The highest BCUT2D eigenvalue weighted by Crippen LogP contribution is 2.47. The molecule has 7 heteroatoms. The number of fused-ring (bicyclic) bond motifs is 3. The van der Waals surface area contributed by atoms with Crippen LogP contribution in [-0.2, 0) is 11.2 Å². The fraction of sp³-hybridized carbons (Fsp3) is 0.667. The van der Waals surface area contributed by atoms with Crippen molar-refractivity contribution in [1.29, 1.82) is 0 Å². The summed E-state index contributed by atoms with van der Waals surface area (Å²) in [6.07, 6.45) is 9.68. The average molecular weight is 401 g/mol. The van der Waals surface area contributed by atoms with E-state index in [-0.39, 0.29) is 12.0 Å². The summed E-state index contributed by atoms with van der Waals surface area (Å²) in [6.45, 7) is 4.56. The minimum atomic E-state index is 0.157. The molecule has 1 saturated heterocycles. The molecule has 0 bridgehead atoms. The van der Waals surface area contributed by atoms with Crippen molar-refractivity contribution in [2.24, 2.45) is 0 Å². The van der Waals surface area contributed by atoms with Gasteiger partial charge < -0.3 is 10.1 Å². The fourth-order valence-corrected chi connectivity index (χ4v) is 6.43. The summed E-state index contributed by atoms with van der Waals surface area (Å²) in [7, 11) is 0. The number of aromatic nitrogens is 2. The van der Waals surface area contributed by atoms with Crippen molar-refractivity contribution in [2.45, 2.75) is 69.9 Å². The second kappa shape index (κ2) is 7.59. The number of thiophene rings is 1. The molecule has 2 aliphatic carbocycles. The normalized spacial score (nSPS) is 28.3. The molecule has 150 valence electrons. The molecule has 28 heavy (non-hydrogen) atoms. The Morgan fingerprint density at radius 1 is 1.25 bits per heavy atom. The average Bonchev–Trinajstić information content (AvgIpc) is 3.28. The number of carbonyl (C=O) groups excluding carboxylic acids is 1. The van der Waals surface area contributed by atoms with Crippen molar-refractivity contribution in [3.63, 3.8) is 0 Å². The van der Waals surface area contributed by atoms with Gasteiger partial charge in [-0.2, -0.15) is 0 Å². The van der Waals surface area contributed by atoms with Crippen LogP contribution in [0.1, 0.15) is 61.8 Å². The van der Waals surface area contributed by atoms with Gasteiger partial charge in [0.25, 0.3) is 0 Å². The second-order valence-electron chi connectivity index (χ2n) is 8.31. The first-order chi connectivity index (χ1) is 13.7. The van der Waals surface area contributed by atoms with E-state index in [1.165, 1.54) is 35.1 Å². The molecule has 5 rings (SSSR count). The zero-order valence-corrected chi connectivity index (χ0v) is 17.3. The van der Waals surface area contributed by atoms with Crippen molar-refractivity contribution in [3.05, 3.63) is 16.8 Å². The highest BCUT2D eigenvalue weighted by atomic mass is 32.1. The number of nitrogens with zero attached hydrogens (tertiary/aromatic N) is 3. The molecule has 1 aliphatic heterocycles. The Hall–Kier alpha value is -1.73. The van der Waals surface area contributed by atoms with E-state index < -0.39 is 0 Å². The van der Waals surface area contributed by atoms with Crippen LogP contribution in [0.3, 0.4) is 0 Å². The molecule has 1 N–H and O–H groups in total. The number of carbonyl (C=O) groups is 1. The summed E-state index contributed by atoms with van der Waals surface area (Å²) in [5.74, 6) is 1.58. The van der Waals surface area contributed by atoms with Gasteiger partial charge in [-0.3, -0.25) is 9.69 Å². The molecule has 0 radical (unpaired) electrons. The van der Waals surface area contributed by atoms with Gasteiger partial charge in [0, 0.05) is 24.0 Å². The van der Waals surface area contributed by atoms with Gasteiger partial charge >= 0.3 is 0 Å². The van der Waals surface area contributed by atoms with E-state index in [1.807, 2.05) is 11.3 Å². The van der Waals surface area contributed by atoms with Crippen molar-refractivity contribution in [3.8, 4) is 5.88 Å². The smallest absolute Gasteiger partial charge is 0.234 e. The molecule has 6 nitrogen and oxygen atoms in total. The lowest BCUT2D eigenvalue weighted by Gasteiger charge is -2.38. The highest BCUT2D eigenvalue weighted by molar-refractivity contribution is 7.19. The van der Waals surface area contributed by atoms with Crippen LogP contribution in [0, 0.1) is 0 Å². The van der Waals surface area contributed by atoms with Gasteiger partial charge in [-0.15, -0.1) is 11.3 Å². The van der Waals surface area contributed by atoms with Crippen molar-refractivity contribution in [1.82, 2.24) is 20.2 Å². The van der Waals surface area contributed by atoms with Crippen LogP contribution >= 0.6 is 11.3 Å². The first kappa shape index (κ1) is 18.3. The van der Waals surface area contributed by atoms with Crippen LogP contribution < -0.4 is 10.1 Å². The third kappa shape index (κ3) is 3.28. The lowest BCUT2D eigenvalue weighted by molar-refractivity contribution is -0.125. The van der Waals surface area contributed by atoms with Crippen molar-refractivity contribution < 1.29 is 9.53 Å². The summed E-state index contributed by atoms with van der Waals surface area (Å²) >= 11 is 1.83. The third-order valence-electron chi connectivity index (χ3n) is 6.69. The van der Waals surface area contributed by atoms with Crippen molar-refractivity contribution >= 4 is 27.5 Å². The van der Waals surface area contributed by atoms with Crippen LogP contribution in [0.5, 0.6) is 5.88 Å². The predicted octanol–water partition coefficient (Wildman–Crippen LogP) is 3.25. The fourth-order valence-electron chi connectivity index (χ4n) is 5.19. The predicted molar refractivity (Wildman–Crippen MR) is 110 cm³/mol. The lowest BCUT2D eigenvalue weighted by Crippen LogP contribution is -2.52. The molecule has 1 unspecified atom stereocenters. The van der Waals surface area contributed by atoms with Gasteiger partial charge in [0.1, 0.15) is 17.3 Å². The first-order valence-electron chi connectivity index (χ1n) is 10.7. The van der Waals surface area contributed by atoms with Crippen LogP contribution in [0.4, 0.5) is 0 Å². The summed E-state index contributed by atoms with van der Waals surface area (Å²) in [4.78, 5) is 25.7. The molecule has 0 aromatic carbocycles. The molecular formula is C21H28N4O2S. The molecule has 1 amide bonds.